The van der Waals surface area contributed by atoms with Gasteiger partial charge in [-0.1, -0.05) is 0 Å². The summed E-state index contributed by atoms with van der Waals surface area (Å²) in [5.41, 5.74) is 0. The molecule has 2 saturated heterocycles. The molecule has 0 amide bonds. The molecule has 2 fully saturated rings. The van der Waals surface area contributed by atoms with Crippen molar-refractivity contribution in [2.45, 2.75) is 61.4 Å². The normalized spacial score (nSPS) is 51.7. The van der Waals surface area contributed by atoms with Gasteiger partial charge < -0.3 is 55.1 Å². The third kappa shape index (κ3) is 3.65. The Kier molecular flexibility index (Phi) is 6.27. The van der Waals surface area contributed by atoms with E-state index in [0.717, 1.165) is 0 Å². The zero-order valence-electron chi connectivity index (χ0n) is 12.0. The second kappa shape index (κ2) is 7.63. The van der Waals surface area contributed by atoms with Crippen LogP contribution in [0.25, 0.3) is 0 Å². The third-order valence-corrected chi connectivity index (χ3v) is 3.98. The summed E-state index contributed by atoms with van der Waals surface area (Å²) in [6.07, 6.45) is -15.6. The van der Waals surface area contributed by atoms with E-state index in [1.807, 2.05) is 0 Å². The lowest BCUT2D eigenvalue weighted by Crippen LogP contribution is -2.64. The molecule has 10 atom stereocenters. The average molecular weight is 342 g/mol. The molecule has 2 aliphatic heterocycles. The first-order valence-corrected chi connectivity index (χ1v) is 7.08. The lowest BCUT2D eigenvalue weighted by atomic mass is 9.97. The number of ether oxygens (including phenoxy) is 3. The summed E-state index contributed by atoms with van der Waals surface area (Å²) < 4.78 is 15.3. The van der Waals surface area contributed by atoms with Gasteiger partial charge in [-0.15, -0.1) is 0 Å². The Balaban J connectivity index is 2.11. The van der Waals surface area contributed by atoms with E-state index in [2.05, 4.69) is 0 Å². The highest BCUT2D eigenvalue weighted by Gasteiger charge is 2.50. The molecule has 11 nitrogen and oxygen atoms in total. The van der Waals surface area contributed by atoms with Gasteiger partial charge in [-0.05, 0) is 0 Å². The van der Waals surface area contributed by atoms with Crippen LogP contribution in [0, 0.1) is 0 Å². The Morgan fingerprint density at radius 2 is 1.26 bits per heavy atom. The highest BCUT2D eigenvalue weighted by molar-refractivity contribution is 4.93. The fourth-order valence-corrected chi connectivity index (χ4v) is 2.57. The molecule has 2 aliphatic rings. The van der Waals surface area contributed by atoms with Crippen LogP contribution in [0.5, 0.6) is 0 Å². The van der Waals surface area contributed by atoms with E-state index in [4.69, 9.17) is 19.3 Å². The van der Waals surface area contributed by atoms with E-state index in [-0.39, 0.29) is 0 Å². The highest BCUT2D eigenvalue weighted by Crippen LogP contribution is 2.28. The molecule has 0 aromatic rings. The number of hydrogen-bond donors (Lipinski definition) is 8. The van der Waals surface area contributed by atoms with Crippen molar-refractivity contribution in [2.75, 3.05) is 13.2 Å². The smallest absolute Gasteiger partial charge is 0.187 e. The summed E-state index contributed by atoms with van der Waals surface area (Å²) in [6, 6.07) is 0. The number of aliphatic hydroxyl groups is 8. The topological polar surface area (TPSA) is 190 Å². The maximum Gasteiger partial charge on any atom is 0.187 e. The van der Waals surface area contributed by atoms with Crippen LogP contribution in [-0.4, -0.2) is 115 Å². The van der Waals surface area contributed by atoms with E-state index in [0.29, 0.717) is 0 Å². The summed E-state index contributed by atoms with van der Waals surface area (Å²) in [4.78, 5) is 0. The van der Waals surface area contributed by atoms with Crippen molar-refractivity contribution in [3.05, 3.63) is 0 Å². The molecule has 23 heavy (non-hydrogen) atoms. The average Bonchev–Trinajstić information content (AvgIpc) is 2.55. The SMILES string of the molecule is OC[C@@H]1O[C@H](O)[C@@H](O)[C@H](O)[C@H]1O[C@H]1O[C@H](CO)[C@@H](O)[C@H](O)[C@@H]1O. The van der Waals surface area contributed by atoms with Crippen molar-refractivity contribution in [2.24, 2.45) is 0 Å². The van der Waals surface area contributed by atoms with E-state index < -0.39 is 74.6 Å². The first-order chi connectivity index (χ1) is 10.8. The molecule has 0 bridgehead atoms. The first kappa shape index (κ1) is 18.9. The zero-order valence-corrected chi connectivity index (χ0v) is 12.0. The molecule has 2 heterocycles. The monoisotopic (exact) mass is 342 g/mol. The summed E-state index contributed by atoms with van der Waals surface area (Å²) >= 11 is 0. The van der Waals surface area contributed by atoms with E-state index in [1.165, 1.54) is 0 Å². The first-order valence-electron chi connectivity index (χ1n) is 7.08. The van der Waals surface area contributed by atoms with Gasteiger partial charge in [0.1, 0.15) is 48.8 Å². The van der Waals surface area contributed by atoms with Crippen molar-refractivity contribution >= 4 is 0 Å². The van der Waals surface area contributed by atoms with Gasteiger partial charge in [0, 0.05) is 0 Å². The summed E-state index contributed by atoms with van der Waals surface area (Å²) in [6.45, 7) is -1.35. The van der Waals surface area contributed by atoms with Crippen molar-refractivity contribution in [1.82, 2.24) is 0 Å². The number of rotatable bonds is 4. The maximum absolute atomic E-state index is 9.94. The molecule has 0 spiro atoms. The zero-order chi connectivity index (χ0) is 17.3. The second-order valence-corrected chi connectivity index (χ2v) is 5.53. The standard InChI is InChI=1S/C12H22O11/c13-1-3-5(15)6(16)9(19)12(22-3)23-10-4(2-14)21-11(20)8(18)7(10)17/h3-20H,1-2H2/t3-,4+,5-,6+,7+,8+,9+,10+,11+,12-/m1/s1. The number of hydrogen-bond acceptors (Lipinski definition) is 11. The Labute approximate surface area is 130 Å². The molecule has 2 rings (SSSR count). The molecule has 8 N–H and O–H groups in total. The summed E-state index contributed by atoms with van der Waals surface area (Å²) in [5.74, 6) is 0. The van der Waals surface area contributed by atoms with Gasteiger partial charge in [0.05, 0.1) is 13.2 Å². The predicted octanol–water partition coefficient (Wildman–Crippen LogP) is -5.40. The largest absolute Gasteiger partial charge is 0.394 e. The fraction of sp³-hybridized carbons (Fsp3) is 1.00. The molecule has 0 aromatic carbocycles. The van der Waals surface area contributed by atoms with Crippen molar-refractivity contribution < 1.29 is 55.1 Å². The molecule has 136 valence electrons. The van der Waals surface area contributed by atoms with Gasteiger partial charge >= 0.3 is 0 Å². The van der Waals surface area contributed by atoms with Crippen LogP contribution < -0.4 is 0 Å². The Bertz CT molecular complexity index is 378. The van der Waals surface area contributed by atoms with Gasteiger partial charge in [0.2, 0.25) is 0 Å². The molecule has 11 heteroatoms. The minimum atomic E-state index is -1.74. The maximum atomic E-state index is 9.94. The molecular weight excluding hydrogens is 320 g/mol. The van der Waals surface area contributed by atoms with Crippen molar-refractivity contribution in [3.63, 3.8) is 0 Å². The van der Waals surface area contributed by atoms with Crippen LogP contribution in [0.15, 0.2) is 0 Å². The third-order valence-electron chi connectivity index (χ3n) is 3.98. The van der Waals surface area contributed by atoms with Crippen LogP contribution >= 0.6 is 0 Å². The quantitative estimate of drug-likeness (QED) is 0.243. The summed E-state index contributed by atoms with van der Waals surface area (Å²) in [5, 5.41) is 76.5. The van der Waals surface area contributed by atoms with Gasteiger partial charge in [-0.3, -0.25) is 0 Å². The molecule has 0 radical (unpaired) electrons. The Morgan fingerprint density at radius 3 is 1.83 bits per heavy atom. The molecule has 0 aromatic heterocycles. The van der Waals surface area contributed by atoms with Crippen LogP contribution in [0.1, 0.15) is 0 Å². The van der Waals surface area contributed by atoms with E-state index in [1.54, 1.807) is 0 Å². The molecule has 0 saturated carbocycles. The van der Waals surface area contributed by atoms with Gasteiger partial charge in [-0.2, -0.15) is 0 Å². The Hall–Kier alpha value is -0.440. The molecule has 0 aliphatic carbocycles. The van der Waals surface area contributed by atoms with Gasteiger partial charge in [0.15, 0.2) is 12.6 Å². The van der Waals surface area contributed by atoms with Crippen molar-refractivity contribution in [1.29, 1.82) is 0 Å². The Morgan fingerprint density at radius 1 is 0.652 bits per heavy atom. The lowest BCUT2D eigenvalue weighted by molar-refractivity contribution is -0.355. The minimum absolute atomic E-state index is 0.667. The van der Waals surface area contributed by atoms with Crippen LogP contribution in [-0.2, 0) is 14.2 Å². The van der Waals surface area contributed by atoms with E-state index >= 15 is 0 Å². The van der Waals surface area contributed by atoms with Crippen LogP contribution in [0.4, 0.5) is 0 Å². The fourth-order valence-electron chi connectivity index (χ4n) is 2.57. The van der Waals surface area contributed by atoms with Gasteiger partial charge in [0.25, 0.3) is 0 Å². The highest BCUT2D eigenvalue weighted by atomic mass is 16.7. The molecule has 0 unspecified atom stereocenters. The second-order valence-electron chi connectivity index (χ2n) is 5.53. The lowest BCUT2D eigenvalue weighted by Gasteiger charge is -2.45. The van der Waals surface area contributed by atoms with Crippen molar-refractivity contribution in [3.8, 4) is 0 Å². The predicted molar refractivity (Wildman–Crippen MR) is 68.6 cm³/mol. The van der Waals surface area contributed by atoms with Crippen LogP contribution in [0.3, 0.4) is 0 Å². The summed E-state index contributed by atoms with van der Waals surface area (Å²) in [7, 11) is 0. The number of aliphatic hydroxyl groups excluding tert-OH is 8. The van der Waals surface area contributed by atoms with Crippen LogP contribution in [0.2, 0.25) is 0 Å². The molecular formula is C12H22O11. The van der Waals surface area contributed by atoms with E-state index in [9.17, 15) is 35.7 Å². The minimum Gasteiger partial charge on any atom is -0.394 e. The van der Waals surface area contributed by atoms with Gasteiger partial charge in [-0.25, -0.2) is 0 Å².